The predicted octanol–water partition coefficient (Wildman–Crippen LogP) is 1.42. The highest BCUT2D eigenvalue weighted by molar-refractivity contribution is 7.91. The summed E-state index contributed by atoms with van der Waals surface area (Å²) in [5.41, 5.74) is 2.82. The highest BCUT2D eigenvalue weighted by Crippen LogP contribution is 2.41. The van der Waals surface area contributed by atoms with Crippen molar-refractivity contribution in [3.8, 4) is 0 Å². The summed E-state index contributed by atoms with van der Waals surface area (Å²) in [7, 11) is -3.02. The molecule has 0 saturated carbocycles. The second kappa shape index (κ2) is 5.41. The van der Waals surface area contributed by atoms with Crippen LogP contribution in [-0.2, 0) is 14.6 Å². The van der Waals surface area contributed by atoms with E-state index in [0.29, 0.717) is 18.7 Å². The summed E-state index contributed by atoms with van der Waals surface area (Å²) < 4.78 is 25.3. The number of carbonyl (C=O) groups is 1. The molecule has 2 aromatic rings. The molecule has 4 rings (SSSR count). The first-order valence-corrected chi connectivity index (χ1v) is 9.76. The molecule has 1 N–H and O–H groups in total. The molecule has 8 heteroatoms. The monoisotopic (exact) mass is 346 g/mol. The number of carbonyl (C=O) groups excluding carboxylic acids is 1. The number of anilines is 1. The zero-order valence-electron chi connectivity index (χ0n) is 13.3. The fourth-order valence-corrected chi connectivity index (χ4v) is 5.38. The minimum atomic E-state index is -3.02. The van der Waals surface area contributed by atoms with Gasteiger partial charge in [0.15, 0.2) is 9.84 Å². The lowest BCUT2D eigenvalue weighted by Gasteiger charge is -2.25. The van der Waals surface area contributed by atoms with Crippen molar-refractivity contribution in [2.45, 2.75) is 31.7 Å². The van der Waals surface area contributed by atoms with Crippen molar-refractivity contribution in [1.82, 2.24) is 14.8 Å². The van der Waals surface area contributed by atoms with E-state index in [9.17, 15) is 13.2 Å². The lowest BCUT2D eigenvalue weighted by molar-refractivity contribution is -0.116. The number of aromatic nitrogens is 3. The van der Waals surface area contributed by atoms with Gasteiger partial charge < -0.3 is 5.32 Å². The first-order chi connectivity index (χ1) is 11.4. The number of pyridine rings is 1. The van der Waals surface area contributed by atoms with Gasteiger partial charge in [0.2, 0.25) is 5.91 Å². The Bertz CT molecular complexity index is 905. The summed E-state index contributed by atoms with van der Waals surface area (Å²) in [6.07, 6.45) is 4.31. The minimum Gasteiger partial charge on any atom is -0.311 e. The molecule has 2 aromatic heterocycles. The normalized spacial score (nSPS) is 25.3. The van der Waals surface area contributed by atoms with Crippen molar-refractivity contribution in [2.24, 2.45) is 0 Å². The SMILES string of the molecule is Cc1nn([C@H]2CCS(=O)(=O)C2)c2c1[C@@H](c1ccncc1)CC(=O)N2. The molecule has 1 amide bonds. The Labute approximate surface area is 140 Å². The fraction of sp³-hybridized carbons (Fsp3) is 0.438. The van der Waals surface area contributed by atoms with E-state index in [1.807, 2.05) is 19.1 Å². The summed E-state index contributed by atoms with van der Waals surface area (Å²) in [5.74, 6) is 0.742. The number of hydrogen-bond acceptors (Lipinski definition) is 5. The predicted molar refractivity (Wildman–Crippen MR) is 88.6 cm³/mol. The summed E-state index contributed by atoms with van der Waals surface area (Å²) >= 11 is 0. The molecule has 0 unspecified atom stereocenters. The van der Waals surface area contributed by atoms with Gasteiger partial charge in [0.25, 0.3) is 0 Å². The maximum atomic E-state index is 12.2. The minimum absolute atomic E-state index is 0.0775. The molecule has 0 radical (unpaired) electrons. The summed E-state index contributed by atoms with van der Waals surface area (Å²) in [6.45, 7) is 1.91. The number of fused-ring (bicyclic) bond motifs is 1. The van der Waals surface area contributed by atoms with E-state index in [-0.39, 0.29) is 29.4 Å². The van der Waals surface area contributed by atoms with E-state index in [0.717, 1.165) is 16.8 Å². The van der Waals surface area contributed by atoms with Gasteiger partial charge in [0.1, 0.15) is 5.82 Å². The third-order valence-corrected chi connectivity index (χ3v) is 6.54. The number of rotatable bonds is 2. The van der Waals surface area contributed by atoms with Crippen LogP contribution in [0.4, 0.5) is 5.82 Å². The van der Waals surface area contributed by atoms with E-state index < -0.39 is 9.84 Å². The van der Waals surface area contributed by atoms with Crippen LogP contribution in [0.3, 0.4) is 0 Å². The van der Waals surface area contributed by atoms with Crippen molar-refractivity contribution in [2.75, 3.05) is 16.8 Å². The van der Waals surface area contributed by atoms with E-state index >= 15 is 0 Å². The van der Waals surface area contributed by atoms with Crippen LogP contribution in [0, 0.1) is 6.92 Å². The largest absolute Gasteiger partial charge is 0.311 e. The van der Waals surface area contributed by atoms with Crippen LogP contribution in [0.15, 0.2) is 24.5 Å². The molecule has 1 fully saturated rings. The quantitative estimate of drug-likeness (QED) is 0.887. The van der Waals surface area contributed by atoms with Crippen LogP contribution >= 0.6 is 0 Å². The molecule has 0 aromatic carbocycles. The number of hydrogen-bond donors (Lipinski definition) is 1. The highest BCUT2D eigenvalue weighted by Gasteiger charge is 2.37. The molecule has 126 valence electrons. The number of nitrogens with one attached hydrogen (secondary N) is 1. The third-order valence-electron chi connectivity index (χ3n) is 4.79. The van der Waals surface area contributed by atoms with Crippen LogP contribution < -0.4 is 5.32 Å². The van der Waals surface area contributed by atoms with Gasteiger partial charge >= 0.3 is 0 Å². The van der Waals surface area contributed by atoms with Crippen molar-refractivity contribution in [3.05, 3.63) is 41.3 Å². The van der Waals surface area contributed by atoms with E-state index in [1.165, 1.54) is 0 Å². The van der Waals surface area contributed by atoms with Crippen LogP contribution in [-0.4, -0.2) is 40.6 Å². The highest BCUT2D eigenvalue weighted by atomic mass is 32.2. The molecule has 4 heterocycles. The van der Waals surface area contributed by atoms with Gasteiger partial charge in [-0.15, -0.1) is 0 Å². The molecule has 0 bridgehead atoms. The summed E-state index contributed by atoms with van der Waals surface area (Å²) in [6, 6.07) is 3.60. The van der Waals surface area contributed by atoms with Crippen molar-refractivity contribution in [1.29, 1.82) is 0 Å². The third kappa shape index (κ3) is 2.50. The molecule has 7 nitrogen and oxygen atoms in total. The van der Waals surface area contributed by atoms with Crippen molar-refractivity contribution < 1.29 is 13.2 Å². The topological polar surface area (TPSA) is 93.9 Å². The number of aryl methyl sites for hydroxylation is 1. The number of nitrogens with zero attached hydrogens (tertiary/aromatic N) is 3. The Morgan fingerprint density at radius 1 is 1.29 bits per heavy atom. The molecule has 0 spiro atoms. The number of amides is 1. The zero-order chi connectivity index (χ0) is 16.9. The average Bonchev–Trinajstić information content (AvgIpc) is 3.07. The molecular weight excluding hydrogens is 328 g/mol. The molecule has 2 aliphatic heterocycles. The van der Waals surface area contributed by atoms with Gasteiger partial charge in [-0.1, -0.05) is 0 Å². The Hall–Kier alpha value is -2.22. The Morgan fingerprint density at radius 2 is 2.04 bits per heavy atom. The van der Waals surface area contributed by atoms with Crippen LogP contribution in [0.5, 0.6) is 0 Å². The lowest BCUT2D eigenvalue weighted by atomic mass is 9.86. The lowest BCUT2D eigenvalue weighted by Crippen LogP contribution is -2.26. The Kier molecular flexibility index (Phi) is 3.45. The average molecular weight is 346 g/mol. The fourth-order valence-electron chi connectivity index (χ4n) is 3.69. The van der Waals surface area contributed by atoms with Crippen LogP contribution in [0.2, 0.25) is 0 Å². The van der Waals surface area contributed by atoms with Gasteiger partial charge in [-0.2, -0.15) is 5.10 Å². The maximum absolute atomic E-state index is 12.2. The van der Waals surface area contributed by atoms with Crippen molar-refractivity contribution >= 4 is 21.6 Å². The molecule has 2 atom stereocenters. The summed E-state index contributed by atoms with van der Waals surface area (Å²) in [5, 5.41) is 7.48. The van der Waals surface area contributed by atoms with E-state index in [1.54, 1.807) is 17.1 Å². The van der Waals surface area contributed by atoms with Crippen LogP contribution in [0.1, 0.15) is 41.6 Å². The molecule has 0 aliphatic carbocycles. The molecule has 2 aliphatic rings. The number of sulfone groups is 1. The first kappa shape index (κ1) is 15.3. The second-order valence-corrected chi connectivity index (χ2v) is 8.66. The maximum Gasteiger partial charge on any atom is 0.226 e. The summed E-state index contributed by atoms with van der Waals surface area (Å²) in [4.78, 5) is 16.3. The van der Waals surface area contributed by atoms with Gasteiger partial charge in [0, 0.05) is 30.3 Å². The van der Waals surface area contributed by atoms with Gasteiger partial charge in [-0.05, 0) is 31.0 Å². The molecule has 1 saturated heterocycles. The first-order valence-electron chi connectivity index (χ1n) is 7.94. The molecule has 24 heavy (non-hydrogen) atoms. The zero-order valence-corrected chi connectivity index (χ0v) is 14.1. The van der Waals surface area contributed by atoms with E-state index in [4.69, 9.17) is 0 Å². The smallest absolute Gasteiger partial charge is 0.226 e. The van der Waals surface area contributed by atoms with Gasteiger partial charge in [0.05, 0.1) is 23.2 Å². The second-order valence-electron chi connectivity index (χ2n) is 6.43. The Balaban J connectivity index is 1.81. The standard InChI is InChI=1S/C16H18N4O3S/c1-10-15-13(11-2-5-17-6-3-11)8-14(21)18-16(15)20(19-10)12-4-7-24(22,23)9-12/h2-3,5-6,12-13H,4,7-9H2,1H3,(H,18,21)/t12-,13+/m0/s1. The van der Waals surface area contributed by atoms with Gasteiger partial charge in [-0.25, -0.2) is 13.1 Å². The molecular formula is C16H18N4O3S. The van der Waals surface area contributed by atoms with Crippen LogP contribution in [0.25, 0.3) is 0 Å². The van der Waals surface area contributed by atoms with E-state index in [2.05, 4.69) is 15.4 Å². The Morgan fingerprint density at radius 3 is 2.71 bits per heavy atom. The van der Waals surface area contributed by atoms with Gasteiger partial charge in [-0.3, -0.25) is 9.78 Å². The van der Waals surface area contributed by atoms with Crippen molar-refractivity contribution in [3.63, 3.8) is 0 Å².